The topological polar surface area (TPSA) is 110 Å². The first kappa shape index (κ1) is 12.8. The van der Waals surface area contributed by atoms with Crippen LogP contribution in [0.3, 0.4) is 0 Å². The molecule has 1 aromatic rings. The van der Waals surface area contributed by atoms with Crippen LogP contribution >= 0.6 is 7.60 Å². The van der Waals surface area contributed by atoms with Gasteiger partial charge >= 0.3 is 7.60 Å². The van der Waals surface area contributed by atoms with Gasteiger partial charge in [-0.1, -0.05) is 0 Å². The second-order valence-electron chi connectivity index (χ2n) is 2.97. The summed E-state index contributed by atoms with van der Waals surface area (Å²) in [5.74, 6) is -1.71. The van der Waals surface area contributed by atoms with Crippen LogP contribution in [0.4, 0.5) is 5.69 Å². The minimum absolute atomic E-state index is 0.0817. The van der Waals surface area contributed by atoms with Crippen molar-refractivity contribution >= 4 is 13.3 Å². The molecular formula is C8H10NO6P. The highest BCUT2D eigenvalue weighted by Gasteiger charge is 2.30. The summed E-state index contributed by atoms with van der Waals surface area (Å²) in [6, 6.07) is 4.66. The Hall–Kier alpha value is -1.27. The van der Waals surface area contributed by atoms with Crippen LogP contribution in [-0.4, -0.2) is 22.0 Å². The molecule has 0 saturated carbocycles. The smallest absolute Gasteiger partial charge is 0.360 e. The van der Waals surface area contributed by atoms with Gasteiger partial charge in [-0.15, -0.1) is 0 Å². The highest BCUT2D eigenvalue weighted by atomic mass is 31.2. The van der Waals surface area contributed by atoms with E-state index in [0.29, 0.717) is 0 Å². The molecule has 7 nitrogen and oxygen atoms in total. The lowest BCUT2D eigenvalue weighted by molar-refractivity contribution is -0.384. The van der Waals surface area contributed by atoms with Crippen LogP contribution in [0.15, 0.2) is 24.3 Å². The number of nitro groups is 1. The molecule has 2 atom stereocenters. The lowest BCUT2D eigenvalue weighted by Crippen LogP contribution is -2.00. The van der Waals surface area contributed by atoms with E-state index in [9.17, 15) is 24.7 Å². The van der Waals surface area contributed by atoms with Crippen molar-refractivity contribution < 1.29 is 24.0 Å². The largest absolute Gasteiger partial charge is 0.376 e. The fourth-order valence-corrected chi connectivity index (χ4v) is 1.80. The van der Waals surface area contributed by atoms with Crippen molar-refractivity contribution in [1.29, 1.82) is 0 Å². The molecule has 0 radical (unpaired) electrons. The number of hydrogen-bond donors (Lipinski definition) is 2. The summed E-state index contributed by atoms with van der Waals surface area (Å²) in [7, 11) is -3.14. The number of hydrogen-bond acceptors (Lipinski definition) is 5. The number of benzene rings is 1. The third kappa shape index (κ3) is 2.65. The third-order valence-corrected chi connectivity index (χ3v) is 3.41. The fraction of sp³-hybridized carbons (Fsp3) is 0.250. The molecule has 8 heteroatoms. The maximum atomic E-state index is 11.3. The number of rotatable bonds is 4. The summed E-state index contributed by atoms with van der Waals surface area (Å²) in [4.78, 5) is 18.9. The van der Waals surface area contributed by atoms with E-state index in [0.717, 1.165) is 19.2 Å². The van der Waals surface area contributed by atoms with E-state index in [4.69, 9.17) is 0 Å². The molecule has 2 unspecified atom stereocenters. The Morgan fingerprint density at radius 2 is 1.94 bits per heavy atom. The first-order valence-electron chi connectivity index (χ1n) is 4.19. The highest BCUT2D eigenvalue weighted by molar-refractivity contribution is 7.52. The molecule has 0 aromatic heterocycles. The molecule has 0 spiro atoms. The average molecular weight is 247 g/mol. The molecule has 0 bridgehead atoms. The van der Waals surface area contributed by atoms with E-state index in [1.165, 1.54) is 12.1 Å². The quantitative estimate of drug-likeness (QED) is 0.473. The molecule has 1 aromatic carbocycles. The lowest BCUT2D eigenvalue weighted by Gasteiger charge is -2.15. The molecule has 88 valence electrons. The molecule has 0 heterocycles. The Balaban J connectivity index is 2.98. The average Bonchev–Trinajstić information content (AvgIpc) is 2.28. The summed E-state index contributed by atoms with van der Waals surface area (Å²) < 4.78 is 15.5. The van der Waals surface area contributed by atoms with E-state index in [-0.39, 0.29) is 11.3 Å². The van der Waals surface area contributed by atoms with Crippen molar-refractivity contribution in [3.05, 3.63) is 39.9 Å². The first-order chi connectivity index (χ1) is 7.38. The molecule has 0 aliphatic heterocycles. The van der Waals surface area contributed by atoms with Gasteiger partial charge in [0.1, 0.15) is 0 Å². The summed E-state index contributed by atoms with van der Waals surface area (Å²) >= 11 is 0. The molecule has 1 rings (SSSR count). The Morgan fingerprint density at radius 1 is 1.44 bits per heavy atom. The maximum Gasteiger partial charge on any atom is 0.360 e. The van der Waals surface area contributed by atoms with Crippen LogP contribution in [0.1, 0.15) is 11.4 Å². The summed E-state index contributed by atoms with van der Waals surface area (Å²) in [6.45, 7) is 0. The second-order valence-corrected chi connectivity index (χ2v) is 4.95. The number of aliphatic hydroxyl groups excluding tert-OH is 1. The Morgan fingerprint density at radius 3 is 2.31 bits per heavy atom. The Labute approximate surface area is 91.0 Å². The van der Waals surface area contributed by atoms with E-state index in [2.05, 4.69) is 4.52 Å². The van der Waals surface area contributed by atoms with Gasteiger partial charge in [0.15, 0.2) is 5.85 Å². The van der Waals surface area contributed by atoms with E-state index < -0.39 is 18.4 Å². The predicted octanol–water partition coefficient (Wildman–Crippen LogP) is 1.42. The van der Waals surface area contributed by atoms with Gasteiger partial charge in [-0.3, -0.25) is 14.7 Å². The normalized spacial score (nSPS) is 16.4. The fourth-order valence-electron chi connectivity index (χ4n) is 1.06. The monoisotopic (exact) mass is 247 g/mol. The van der Waals surface area contributed by atoms with Gasteiger partial charge in [-0.25, -0.2) is 0 Å². The Kier molecular flexibility index (Phi) is 3.77. The van der Waals surface area contributed by atoms with E-state index in [1.54, 1.807) is 0 Å². The van der Waals surface area contributed by atoms with Crippen molar-refractivity contribution in [2.24, 2.45) is 0 Å². The zero-order valence-electron chi connectivity index (χ0n) is 8.31. The summed E-state index contributed by atoms with van der Waals surface area (Å²) in [5, 5.41) is 19.8. The molecule has 2 N–H and O–H groups in total. The van der Waals surface area contributed by atoms with Gasteiger partial charge in [0.05, 0.1) is 4.92 Å². The van der Waals surface area contributed by atoms with Crippen LogP contribution in [0.25, 0.3) is 0 Å². The molecule has 0 fully saturated rings. The SMILES string of the molecule is COP(=O)(O)C(O)c1ccc([N+](=O)[O-])cc1. The molecular weight excluding hydrogens is 237 g/mol. The number of aliphatic hydroxyl groups is 1. The summed E-state index contributed by atoms with van der Waals surface area (Å²) in [5.41, 5.74) is -0.0839. The van der Waals surface area contributed by atoms with Crippen LogP contribution in [0.2, 0.25) is 0 Å². The molecule has 0 aliphatic rings. The van der Waals surface area contributed by atoms with Gasteiger partial charge in [-0.05, 0) is 17.7 Å². The van der Waals surface area contributed by atoms with Crippen LogP contribution in [0.5, 0.6) is 0 Å². The minimum atomic E-state index is -4.14. The van der Waals surface area contributed by atoms with Gasteiger partial charge in [0.2, 0.25) is 0 Å². The van der Waals surface area contributed by atoms with Crippen molar-refractivity contribution in [2.75, 3.05) is 7.11 Å². The number of non-ortho nitro benzene ring substituents is 1. The van der Waals surface area contributed by atoms with Gasteiger partial charge in [-0.2, -0.15) is 0 Å². The molecule has 16 heavy (non-hydrogen) atoms. The van der Waals surface area contributed by atoms with Crippen LogP contribution < -0.4 is 0 Å². The van der Waals surface area contributed by atoms with Crippen molar-refractivity contribution in [2.45, 2.75) is 5.85 Å². The van der Waals surface area contributed by atoms with Crippen LogP contribution in [-0.2, 0) is 9.09 Å². The first-order valence-corrected chi connectivity index (χ1v) is 5.84. The summed E-state index contributed by atoms with van der Waals surface area (Å²) in [6.07, 6.45) is 0. The van der Waals surface area contributed by atoms with Crippen molar-refractivity contribution in [3.8, 4) is 0 Å². The predicted molar refractivity (Wildman–Crippen MR) is 54.9 cm³/mol. The minimum Gasteiger partial charge on any atom is -0.376 e. The zero-order chi connectivity index (χ0) is 12.3. The molecule has 0 amide bonds. The number of nitrogens with zero attached hydrogens (tertiary/aromatic N) is 1. The highest BCUT2D eigenvalue weighted by Crippen LogP contribution is 2.54. The van der Waals surface area contributed by atoms with Crippen molar-refractivity contribution in [1.82, 2.24) is 0 Å². The maximum absolute atomic E-state index is 11.3. The standard InChI is InChI=1S/C8H10NO6P/c1-15-16(13,14)8(10)6-2-4-7(5-3-6)9(11)12/h2-5,8,10H,1H3,(H,13,14). The Bertz CT molecular complexity index is 431. The van der Waals surface area contributed by atoms with E-state index in [1.807, 2.05) is 0 Å². The van der Waals surface area contributed by atoms with Crippen LogP contribution in [0, 0.1) is 10.1 Å². The van der Waals surface area contributed by atoms with Crippen molar-refractivity contribution in [3.63, 3.8) is 0 Å². The third-order valence-electron chi connectivity index (χ3n) is 1.97. The zero-order valence-corrected chi connectivity index (χ0v) is 9.20. The van der Waals surface area contributed by atoms with Gasteiger partial charge < -0.3 is 14.5 Å². The molecule has 0 aliphatic carbocycles. The van der Waals surface area contributed by atoms with Gasteiger partial charge in [0.25, 0.3) is 5.69 Å². The van der Waals surface area contributed by atoms with Gasteiger partial charge in [0, 0.05) is 19.2 Å². The number of nitro benzene ring substituents is 1. The lowest BCUT2D eigenvalue weighted by atomic mass is 10.2. The van der Waals surface area contributed by atoms with E-state index >= 15 is 0 Å². The molecule has 0 saturated heterocycles. The second kappa shape index (κ2) is 4.71.